The standard InChI is InChI=1S/C15H13ClF3N3O/c16-12-2-1-9(7-11(12)15(17,18)19)14-20-5-3-13(21-14)22-6-4-10(23)8-22/h1-3,5,7,10,23H,4,6,8H2. The van der Waals surface area contributed by atoms with Gasteiger partial charge in [0.05, 0.1) is 16.7 Å². The van der Waals surface area contributed by atoms with E-state index in [0.717, 1.165) is 6.07 Å². The molecule has 1 aromatic carbocycles. The van der Waals surface area contributed by atoms with E-state index in [1.54, 1.807) is 6.07 Å². The van der Waals surface area contributed by atoms with Crippen LogP contribution in [0, 0.1) is 0 Å². The molecule has 0 radical (unpaired) electrons. The molecule has 1 aliphatic rings. The van der Waals surface area contributed by atoms with E-state index in [0.29, 0.717) is 25.3 Å². The summed E-state index contributed by atoms with van der Waals surface area (Å²) in [6.07, 6.45) is -2.83. The molecule has 1 saturated heterocycles. The van der Waals surface area contributed by atoms with Crippen LogP contribution in [0.2, 0.25) is 5.02 Å². The topological polar surface area (TPSA) is 49.2 Å². The van der Waals surface area contributed by atoms with Gasteiger partial charge in [-0.05, 0) is 30.7 Å². The Kier molecular flexibility index (Phi) is 4.16. The van der Waals surface area contributed by atoms with Crippen molar-refractivity contribution < 1.29 is 18.3 Å². The second-order valence-electron chi connectivity index (χ2n) is 5.32. The largest absolute Gasteiger partial charge is 0.417 e. The number of aliphatic hydroxyl groups excluding tert-OH is 1. The first-order valence-electron chi connectivity index (χ1n) is 6.98. The van der Waals surface area contributed by atoms with Crippen molar-refractivity contribution in [2.45, 2.75) is 18.7 Å². The molecular formula is C15H13ClF3N3O. The monoisotopic (exact) mass is 343 g/mol. The number of anilines is 1. The summed E-state index contributed by atoms with van der Waals surface area (Å²) < 4.78 is 38.9. The van der Waals surface area contributed by atoms with E-state index in [-0.39, 0.29) is 16.4 Å². The summed E-state index contributed by atoms with van der Waals surface area (Å²) in [6.45, 7) is 1.09. The van der Waals surface area contributed by atoms with Crippen LogP contribution in [0.4, 0.5) is 19.0 Å². The Balaban J connectivity index is 1.96. The molecule has 1 fully saturated rings. The number of nitrogens with zero attached hydrogens (tertiary/aromatic N) is 3. The van der Waals surface area contributed by atoms with Crippen LogP contribution < -0.4 is 4.90 Å². The molecule has 1 unspecified atom stereocenters. The minimum atomic E-state index is -4.54. The third kappa shape index (κ3) is 3.40. The van der Waals surface area contributed by atoms with Gasteiger partial charge in [0.15, 0.2) is 5.82 Å². The molecule has 1 aromatic heterocycles. The van der Waals surface area contributed by atoms with Crippen molar-refractivity contribution in [3.05, 3.63) is 41.0 Å². The summed E-state index contributed by atoms with van der Waals surface area (Å²) in [5, 5.41) is 9.22. The van der Waals surface area contributed by atoms with Crippen molar-refractivity contribution in [2.24, 2.45) is 0 Å². The van der Waals surface area contributed by atoms with Gasteiger partial charge in [-0.15, -0.1) is 0 Å². The second-order valence-corrected chi connectivity index (χ2v) is 5.73. The summed E-state index contributed by atoms with van der Waals surface area (Å²) in [6, 6.07) is 5.26. The lowest BCUT2D eigenvalue weighted by Gasteiger charge is -2.17. The van der Waals surface area contributed by atoms with Crippen molar-refractivity contribution in [2.75, 3.05) is 18.0 Å². The quantitative estimate of drug-likeness (QED) is 0.908. The molecule has 0 amide bonds. The van der Waals surface area contributed by atoms with Crippen molar-refractivity contribution in [3.63, 3.8) is 0 Å². The van der Waals surface area contributed by atoms with Crippen LogP contribution in [0.1, 0.15) is 12.0 Å². The predicted molar refractivity (Wildman–Crippen MR) is 80.3 cm³/mol. The molecule has 1 atom stereocenters. The van der Waals surface area contributed by atoms with Gasteiger partial charge in [-0.3, -0.25) is 0 Å². The van der Waals surface area contributed by atoms with Crippen molar-refractivity contribution >= 4 is 17.4 Å². The van der Waals surface area contributed by atoms with Crippen LogP contribution in [-0.4, -0.2) is 34.3 Å². The molecule has 1 N–H and O–H groups in total. The van der Waals surface area contributed by atoms with Gasteiger partial charge < -0.3 is 10.0 Å². The zero-order valence-electron chi connectivity index (χ0n) is 11.9. The highest BCUT2D eigenvalue weighted by Gasteiger charge is 2.33. The fourth-order valence-electron chi connectivity index (χ4n) is 2.50. The maximum atomic E-state index is 13.0. The molecular weight excluding hydrogens is 331 g/mol. The first-order chi connectivity index (χ1) is 10.8. The Morgan fingerprint density at radius 2 is 2.04 bits per heavy atom. The first kappa shape index (κ1) is 16.0. The fraction of sp³-hybridized carbons (Fsp3) is 0.333. The third-order valence-corrected chi connectivity index (χ3v) is 3.99. The first-order valence-corrected chi connectivity index (χ1v) is 7.35. The van der Waals surface area contributed by atoms with Crippen LogP contribution in [-0.2, 0) is 6.18 Å². The maximum Gasteiger partial charge on any atom is 0.417 e. The highest BCUT2D eigenvalue weighted by atomic mass is 35.5. The Labute approximate surface area is 135 Å². The lowest BCUT2D eigenvalue weighted by molar-refractivity contribution is -0.137. The van der Waals surface area contributed by atoms with Crippen LogP contribution in [0.25, 0.3) is 11.4 Å². The summed E-state index contributed by atoms with van der Waals surface area (Å²) in [7, 11) is 0. The number of hydrogen-bond donors (Lipinski definition) is 1. The summed E-state index contributed by atoms with van der Waals surface area (Å²) in [5.74, 6) is 0.765. The number of benzene rings is 1. The number of alkyl halides is 3. The van der Waals surface area contributed by atoms with Gasteiger partial charge in [0.25, 0.3) is 0 Å². The smallest absolute Gasteiger partial charge is 0.391 e. The molecule has 2 heterocycles. The van der Waals surface area contributed by atoms with Gasteiger partial charge in [-0.2, -0.15) is 13.2 Å². The van der Waals surface area contributed by atoms with Crippen LogP contribution in [0.3, 0.4) is 0 Å². The third-order valence-electron chi connectivity index (χ3n) is 3.66. The van der Waals surface area contributed by atoms with Gasteiger partial charge in [0.2, 0.25) is 0 Å². The molecule has 23 heavy (non-hydrogen) atoms. The predicted octanol–water partition coefficient (Wildman–Crippen LogP) is 3.39. The SMILES string of the molecule is OC1CCN(c2ccnc(-c3ccc(Cl)c(C(F)(F)F)c3)n2)C1. The van der Waals surface area contributed by atoms with Crippen molar-refractivity contribution in [1.82, 2.24) is 9.97 Å². The van der Waals surface area contributed by atoms with E-state index in [4.69, 9.17) is 11.6 Å². The lowest BCUT2D eigenvalue weighted by atomic mass is 10.1. The van der Waals surface area contributed by atoms with Gasteiger partial charge in [0, 0.05) is 24.8 Å². The van der Waals surface area contributed by atoms with E-state index in [2.05, 4.69) is 9.97 Å². The number of halogens is 4. The Morgan fingerprint density at radius 3 is 2.70 bits per heavy atom. The Hall–Kier alpha value is -1.86. The van der Waals surface area contributed by atoms with E-state index in [1.165, 1.54) is 18.3 Å². The summed E-state index contributed by atoms with van der Waals surface area (Å²) >= 11 is 5.62. The fourth-order valence-corrected chi connectivity index (χ4v) is 2.72. The normalized spacial score (nSPS) is 18.5. The van der Waals surface area contributed by atoms with Crippen LogP contribution >= 0.6 is 11.6 Å². The van der Waals surface area contributed by atoms with E-state index < -0.39 is 17.8 Å². The minimum absolute atomic E-state index is 0.186. The maximum absolute atomic E-state index is 13.0. The highest BCUT2D eigenvalue weighted by molar-refractivity contribution is 6.31. The highest BCUT2D eigenvalue weighted by Crippen LogP contribution is 2.36. The van der Waals surface area contributed by atoms with Gasteiger partial charge >= 0.3 is 6.18 Å². The molecule has 4 nitrogen and oxygen atoms in total. The number of aliphatic hydroxyl groups is 1. The average Bonchev–Trinajstić information content (AvgIpc) is 2.93. The average molecular weight is 344 g/mol. The van der Waals surface area contributed by atoms with E-state index in [9.17, 15) is 18.3 Å². The number of hydrogen-bond acceptors (Lipinski definition) is 4. The van der Waals surface area contributed by atoms with E-state index >= 15 is 0 Å². The van der Waals surface area contributed by atoms with Crippen molar-refractivity contribution in [1.29, 1.82) is 0 Å². The second kappa shape index (κ2) is 5.98. The molecule has 1 aliphatic heterocycles. The van der Waals surface area contributed by atoms with Gasteiger partial charge in [-0.25, -0.2) is 9.97 Å². The molecule has 0 aliphatic carbocycles. The molecule has 8 heteroatoms. The van der Waals surface area contributed by atoms with E-state index in [1.807, 2.05) is 4.90 Å². The molecule has 2 aromatic rings. The summed E-state index contributed by atoms with van der Waals surface area (Å²) in [4.78, 5) is 10.2. The number of β-amino-alcohol motifs (C(OH)–C–C–N with tert-alkyl or cyclic N) is 1. The summed E-state index contributed by atoms with van der Waals surface area (Å²) in [5.41, 5.74) is -0.675. The molecule has 0 saturated carbocycles. The molecule has 0 bridgehead atoms. The molecule has 0 spiro atoms. The Bertz CT molecular complexity index is 723. The number of rotatable bonds is 2. The van der Waals surface area contributed by atoms with Crippen LogP contribution in [0.15, 0.2) is 30.5 Å². The Morgan fingerprint density at radius 1 is 1.26 bits per heavy atom. The number of aromatic nitrogens is 2. The minimum Gasteiger partial charge on any atom is -0.391 e. The lowest BCUT2D eigenvalue weighted by Crippen LogP contribution is -2.22. The van der Waals surface area contributed by atoms with Gasteiger partial charge in [0.1, 0.15) is 5.82 Å². The van der Waals surface area contributed by atoms with Gasteiger partial charge in [-0.1, -0.05) is 11.6 Å². The van der Waals surface area contributed by atoms with Crippen LogP contribution in [0.5, 0.6) is 0 Å². The zero-order chi connectivity index (χ0) is 16.6. The zero-order valence-corrected chi connectivity index (χ0v) is 12.6. The van der Waals surface area contributed by atoms with Crippen molar-refractivity contribution in [3.8, 4) is 11.4 Å². The molecule has 122 valence electrons. The molecule has 3 rings (SSSR count).